The topological polar surface area (TPSA) is 26.3 Å². The lowest BCUT2D eigenvalue weighted by Crippen LogP contribution is -2.64. The molecule has 0 heterocycles. The van der Waals surface area contributed by atoms with E-state index in [1.54, 1.807) is 0 Å². The molecule has 5 aliphatic rings. The monoisotopic (exact) mass is 581 g/mol. The molecule has 0 spiro atoms. The smallest absolute Gasteiger partial charge is 0.306 e. The molecule has 0 N–H and O–H groups in total. The molecule has 0 aromatic heterocycles. The molecular weight excluding hydrogens is 512 g/mol. The Balaban J connectivity index is 1.29. The number of hydrogen-bond donors (Lipinski definition) is 0. The van der Waals surface area contributed by atoms with Crippen LogP contribution in [-0.4, -0.2) is 12.1 Å². The summed E-state index contributed by atoms with van der Waals surface area (Å²) in [6.45, 7) is 23.0. The van der Waals surface area contributed by atoms with Crippen molar-refractivity contribution in [2.75, 3.05) is 0 Å². The van der Waals surface area contributed by atoms with E-state index in [2.05, 4.69) is 68.4 Å². The molecule has 0 aromatic rings. The van der Waals surface area contributed by atoms with Gasteiger partial charge in [-0.2, -0.15) is 0 Å². The van der Waals surface area contributed by atoms with E-state index >= 15 is 0 Å². The summed E-state index contributed by atoms with van der Waals surface area (Å²) in [6, 6.07) is 0. The minimum absolute atomic E-state index is 0.0353. The molecule has 240 valence electrons. The van der Waals surface area contributed by atoms with E-state index < -0.39 is 0 Å². The zero-order chi connectivity index (χ0) is 30.6. The zero-order valence-corrected chi connectivity index (χ0v) is 29.4. The van der Waals surface area contributed by atoms with Gasteiger partial charge in [0.15, 0.2) is 0 Å². The molecule has 0 aromatic carbocycles. The molecular formula is C40H68O2. The Kier molecular flexibility index (Phi) is 8.95. The Bertz CT molecular complexity index is 1020. The lowest BCUT2D eigenvalue weighted by molar-refractivity contribution is -0.212. The average molecular weight is 581 g/mol. The van der Waals surface area contributed by atoms with Crippen molar-refractivity contribution in [1.82, 2.24) is 0 Å². The van der Waals surface area contributed by atoms with Crippen LogP contribution >= 0.6 is 0 Å². The molecule has 5 aliphatic carbocycles. The Hall–Kier alpha value is -0.790. The SMILES string of the molecule is CCCCCCCCCC(=O)OC1CCC2(C)C(CCC3(C)C2CC=C2C4CC(C)(C)CCC4(C)CCC23C)C1(C)C. The van der Waals surface area contributed by atoms with E-state index in [0.717, 1.165) is 24.7 Å². The van der Waals surface area contributed by atoms with Crippen LogP contribution in [0.5, 0.6) is 0 Å². The first-order valence-electron chi connectivity index (χ1n) is 18.5. The molecule has 2 nitrogen and oxygen atoms in total. The molecule has 0 bridgehead atoms. The normalized spacial score (nSPS) is 43.7. The van der Waals surface area contributed by atoms with Crippen LogP contribution in [0.1, 0.15) is 178 Å². The molecule has 42 heavy (non-hydrogen) atoms. The standard InChI is InChI=1S/C40H68O2/c1-10-11-12-13-14-15-16-17-34(41)42-33-21-22-38(7)31(36(33,4)5)20-23-40(9)32(38)19-18-29-30-28-35(2,3)24-25-37(30,6)26-27-39(29,40)8/h18,30-33H,10-17,19-28H2,1-9H3. The molecule has 4 saturated carbocycles. The second kappa shape index (κ2) is 11.5. The first-order valence-corrected chi connectivity index (χ1v) is 18.5. The Labute approximate surface area is 261 Å². The molecule has 4 fully saturated rings. The van der Waals surface area contributed by atoms with Gasteiger partial charge < -0.3 is 4.74 Å². The Morgan fingerprint density at radius 1 is 0.786 bits per heavy atom. The van der Waals surface area contributed by atoms with Crippen LogP contribution in [0.25, 0.3) is 0 Å². The molecule has 8 unspecified atom stereocenters. The van der Waals surface area contributed by atoms with Crippen molar-refractivity contribution < 1.29 is 9.53 Å². The van der Waals surface area contributed by atoms with Gasteiger partial charge in [-0.05, 0) is 115 Å². The molecule has 8 atom stereocenters. The van der Waals surface area contributed by atoms with Gasteiger partial charge in [0.1, 0.15) is 6.10 Å². The van der Waals surface area contributed by atoms with Gasteiger partial charge in [-0.25, -0.2) is 0 Å². The highest BCUT2D eigenvalue weighted by atomic mass is 16.5. The van der Waals surface area contributed by atoms with Crippen LogP contribution < -0.4 is 0 Å². The van der Waals surface area contributed by atoms with Crippen LogP contribution in [0.3, 0.4) is 0 Å². The van der Waals surface area contributed by atoms with Crippen molar-refractivity contribution in [3.63, 3.8) is 0 Å². The molecule has 0 amide bonds. The lowest BCUT2D eigenvalue weighted by Gasteiger charge is -2.71. The molecule has 0 aliphatic heterocycles. The van der Waals surface area contributed by atoms with Crippen molar-refractivity contribution in [2.45, 2.75) is 184 Å². The highest BCUT2D eigenvalue weighted by Crippen LogP contribution is 2.75. The van der Waals surface area contributed by atoms with E-state index in [-0.39, 0.29) is 17.5 Å². The number of carbonyl (C=O) groups is 1. The van der Waals surface area contributed by atoms with Crippen LogP contribution in [0, 0.1) is 50.2 Å². The fraction of sp³-hybridized carbons (Fsp3) is 0.925. The zero-order valence-electron chi connectivity index (χ0n) is 29.4. The van der Waals surface area contributed by atoms with Crippen LogP contribution in [0.15, 0.2) is 11.6 Å². The van der Waals surface area contributed by atoms with Gasteiger partial charge in [0.05, 0.1) is 0 Å². The third kappa shape index (κ3) is 5.37. The number of hydrogen-bond acceptors (Lipinski definition) is 2. The maximum atomic E-state index is 13.0. The average Bonchev–Trinajstić information content (AvgIpc) is 2.91. The maximum absolute atomic E-state index is 13.0. The van der Waals surface area contributed by atoms with Crippen molar-refractivity contribution >= 4 is 5.97 Å². The van der Waals surface area contributed by atoms with Crippen molar-refractivity contribution in [2.24, 2.45) is 50.2 Å². The first kappa shape index (κ1) is 32.6. The van der Waals surface area contributed by atoms with E-state index in [1.807, 2.05) is 5.57 Å². The summed E-state index contributed by atoms with van der Waals surface area (Å²) in [5.74, 6) is 2.17. The van der Waals surface area contributed by atoms with Gasteiger partial charge in [0.2, 0.25) is 0 Å². The summed E-state index contributed by atoms with van der Waals surface area (Å²) in [4.78, 5) is 13.0. The molecule has 0 saturated heterocycles. The first-order chi connectivity index (χ1) is 19.6. The summed E-state index contributed by atoms with van der Waals surface area (Å²) < 4.78 is 6.35. The number of esters is 1. The molecule has 2 heteroatoms. The summed E-state index contributed by atoms with van der Waals surface area (Å²) in [7, 11) is 0. The third-order valence-electron chi connectivity index (χ3n) is 15.3. The minimum atomic E-state index is 0.0353. The Morgan fingerprint density at radius 2 is 1.45 bits per heavy atom. The second-order valence-electron chi connectivity index (χ2n) is 18.6. The number of carbonyl (C=O) groups excluding carboxylic acids is 1. The number of ether oxygens (including phenoxy) is 1. The largest absolute Gasteiger partial charge is 0.462 e. The quantitative estimate of drug-likeness (QED) is 0.154. The highest BCUT2D eigenvalue weighted by Gasteiger charge is 2.68. The third-order valence-corrected chi connectivity index (χ3v) is 15.3. The van der Waals surface area contributed by atoms with Crippen molar-refractivity contribution in [1.29, 1.82) is 0 Å². The van der Waals surface area contributed by atoms with Gasteiger partial charge in [-0.15, -0.1) is 0 Å². The van der Waals surface area contributed by atoms with E-state index in [9.17, 15) is 4.79 Å². The highest BCUT2D eigenvalue weighted by molar-refractivity contribution is 5.69. The fourth-order valence-corrected chi connectivity index (χ4v) is 12.1. The van der Waals surface area contributed by atoms with Gasteiger partial charge in [-0.3, -0.25) is 4.79 Å². The second-order valence-corrected chi connectivity index (χ2v) is 18.6. The van der Waals surface area contributed by atoms with Crippen LogP contribution in [0.4, 0.5) is 0 Å². The van der Waals surface area contributed by atoms with Gasteiger partial charge >= 0.3 is 5.97 Å². The van der Waals surface area contributed by atoms with Crippen molar-refractivity contribution in [3.8, 4) is 0 Å². The van der Waals surface area contributed by atoms with E-state index in [1.165, 1.54) is 96.3 Å². The van der Waals surface area contributed by atoms with Gasteiger partial charge in [-0.1, -0.05) is 112 Å². The molecule has 5 rings (SSSR count). The Morgan fingerprint density at radius 3 is 2.17 bits per heavy atom. The number of allylic oxidation sites excluding steroid dienone is 2. The minimum Gasteiger partial charge on any atom is -0.462 e. The summed E-state index contributed by atoms with van der Waals surface area (Å²) in [6.07, 6.45) is 25.3. The summed E-state index contributed by atoms with van der Waals surface area (Å²) in [5.41, 5.74) is 3.89. The van der Waals surface area contributed by atoms with Gasteiger partial charge in [0.25, 0.3) is 0 Å². The number of rotatable bonds is 9. The predicted molar refractivity (Wildman–Crippen MR) is 177 cm³/mol. The fourth-order valence-electron chi connectivity index (χ4n) is 12.1. The van der Waals surface area contributed by atoms with Crippen LogP contribution in [0.2, 0.25) is 0 Å². The molecule has 0 radical (unpaired) electrons. The van der Waals surface area contributed by atoms with Crippen LogP contribution in [-0.2, 0) is 9.53 Å². The van der Waals surface area contributed by atoms with Gasteiger partial charge in [0, 0.05) is 11.8 Å². The summed E-state index contributed by atoms with van der Waals surface area (Å²) in [5, 5.41) is 0. The maximum Gasteiger partial charge on any atom is 0.306 e. The van der Waals surface area contributed by atoms with E-state index in [0.29, 0.717) is 39.4 Å². The lowest BCUT2D eigenvalue weighted by atomic mass is 9.33. The summed E-state index contributed by atoms with van der Waals surface area (Å²) >= 11 is 0. The van der Waals surface area contributed by atoms with E-state index in [4.69, 9.17) is 4.74 Å². The number of unbranched alkanes of at least 4 members (excludes halogenated alkanes) is 6. The number of fused-ring (bicyclic) bond motifs is 7. The van der Waals surface area contributed by atoms with Crippen molar-refractivity contribution in [3.05, 3.63) is 11.6 Å². The predicted octanol–water partition coefficient (Wildman–Crippen LogP) is 11.9.